The van der Waals surface area contributed by atoms with Crippen LogP contribution in [0.5, 0.6) is 0 Å². The van der Waals surface area contributed by atoms with Crippen molar-refractivity contribution >= 4 is 43.7 Å². The summed E-state index contributed by atoms with van der Waals surface area (Å²) in [6.07, 6.45) is 0. The lowest BCUT2D eigenvalue weighted by Crippen LogP contribution is -2.04. The fourth-order valence-electron chi connectivity index (χ4n) is 8.14. The smallest absolute Gasteiger partial charge is 0.166 e. The predicted octanol–water partition coefficient (Wildman–Crippen LogP) is 12.0. The standard InChI is InChI=1S/C50H33N7O/c1-30-51-31(2)53-49(52-30)35-25-27-42-39(29-35)37-18-9-11-21-41(37)57(42)43-26-24-34(36-20-13-23-45-46(36)38-19-10-12-22-44(38)58-45)28-40(43)50-55-47(32-14-5-3-6-15-32)54-48(56-50)33-16-7-4-8-17-33/h3-29H,1-2H3. The van der Waals surface area contributed by atoms with Gasteiger partial charge in [0.1, 0.15) is 22.8 Å². The van der Waals surface area contributed by atoms with Crippen molar-refractivity contribution in [3.05, 3.63) is 175 Å². The highest BCUT2D eigenvalue weighted by Gasteiger charge is 2.22. The second kappa shape index (κ2) is 13.4. The van der Waals surface area contributed by atoms with Crippen LogP contribution in [0.1, 0.15) is 11.6 Å². The van der Waals surface area contributed by atoms with E-state index in [1.165, 1.54) is 0 Å². The molecule has 0 aliphatic rings. The van der Waals surface area contributed by atoms with Crippen LogP contribution >= 0.6 is 0 Å². The van der Waals surface area contributed by atoms with Crippen LogP contribution in [0.4, 0.5) is 0 Å². The number of rotatable bonds is 6. The number of benzene rings is 7. The van der Waals surface area contributed by atoms with Crippen LogP contribution in [-0.2, 0) is 0 Å². The summed E-state index contributed by atoms with van der Waals surface area (Å²) in [5, 5.41) is 4.32. The number of hydrogen-bond donors (Lipinski definition) is 0. The quantitative estimate of drug-likeness (QED) is 0.167. The molecule has 0 aliphatic carbocycles. The van der Waals surface area contributed by atoms with Gasteiger partial charge in [-0.25, -0.2) is 29.9 Å². The van der Waals surface area contributed by atoms with E-state index in [4.69, 9.17) is 29.3 Å². The number of para-hydroxylation sites is 2. The molecule has 0 unspecified atom stereocenters. The van der Waals surface area contributed by atoms with Crippen LogP contribution in [0.2, 0.25) is 0 Å². The molecular weight excluding hydrogens is 715 g/mol. The molecule has 0 saturated heterocycles. The van der Waals surface area contributed by atoms with Crippen LogP contribution in [0, 0.1) is 13.8 Å². The third kappa shape index (κ3) is 5.61. The molecular formula is C50H33N7O. The largest absolute Gasteiger partial charge is 0.456 e. The molecule has 274 valence electrons. The average Bonchev–Trinajstić information content (AvgIpc) is 3.82. The Morgan fingerprint density at radius 3 is 1.71 bits per heavy atom. The Kier molecular flexibility index (Phi) is 7.75. The Bertz CT molecular complexity index is 3290. The zero-order valence-corrected chi connectivity index (χ0v) is 31.6. The van der Waals surface area contributed by atoms with Crippen molar-refractivity contribution in [3.63, 3.8) is 0 Å². The Morgan fingerprint density at radius 2 is 0.966 bits per heavy atom. The molecule has 8 nitrogen and oxygen atoms in total. The van der Waals surface area contributed by atoms with E-state index in [2.05, 4.69) is 94.5 Å². The summed E-state index contributed by atoms with van der Waals surface area (Å²) in [4.78, 5) is 29.4. The number of fused-ring (bicyclic) bond motifs is 6. The van der Waals surface area contributed by atoms with Gasteiger partial charge in [0.05, 0.1) is 16.7 Å². The van der Waals surface area contributed by atoms with Crippen LogP contribution in [0.25, 0.3) is 106 Å². The maximum Gasteiger partial charge on any atom is 0.166 e. The van der Waals surface area contributed by atoms with Crippen LogP contribution < -0.4 is 0 Å². The first-order valence-corrected chi connectivity index (χ1v) is 19.2. The first kappa shape index (κ1) is 33.5. The van der Waals surface area contributed by atoms with Gasteiger partial charge in [-0.05, 0) is 73.5 Å². The zero-order chi connectivity index (χ0) is 38.7. The second-order valence-electron chi connectivity index (χ2n) is 14.4. The van der Waals surface area contributed by atoms with Crippen molar-refractivity contribution in [1.82, 2.24) is 34.5 Å². The molecule has 7 aromatic carbocycles. The van der Waals surface area contributed by atoms with Crippen molar-refractivity contribution < 1.29 is 4.42 Å². The van der Waals surface area contributed by atoms with Gasteiger partial charge in [-0.3, -0.25) is 0 Å². The van der Waals surface area contributed by atoms with Crippen molar-refractivity contribution in [2.45, 2.75) is 13.8 Å². The van der Waals surface area contributed by atoms with Crippen molar-refractivity contribution in [2.75, 3.05) is 0 Å². The summed E-state index contributed by atoms with van der Waals surface area (Å²) >= 11 is 0. The van der Waals surface area contributed by atoms with Gasteiger partial charge in [0.25, 0.3) is 0 Å². The Balaban J connectivity index is 1.21. The van der Waals surface area contributed by atoms with Crippen LogP contribution in [0.3, 0.4) is 0 Å². The Morgan fingerprint density at radius 1 is 0.379 bits per heavy atom. The molecule has 11 rings (SSSR count). The highest BCUT2D eigenvalue weighted by atomic mass is 16.3. The lowest BCUT2D eigenvalue weighted by atomic mass is 9.96. The van der Waals surface area contributed by atoms with Crippen LogP contribution in [0.15, 0.2) is 168 Å². The molecule has 11 aromatic rings. The predicted molar refractivity (Wildman–Crippen MR) is 231 cm³/mol. The molecule has 0 spiro atoms. The molecule has 8 heteroatoms. The van der Waals surface area contributed by atoms with E-state index in [-0.39, 0.29) is 0 Å². The SMILES string of the molecule is Cc1nc(C)nc(-c2ccc3c(c2)c2ccccc2n3-c2ccc(-c3cccc4oc5ccccc5c34)cc2-c2nc(-c3ccccc3)nc(-c3ccccc3)n2)n1. The van der Waals surface area contributed by atoms with Crippen molar-refractivity contribution in [2.24, 2.45) is 0 Å². The number of aromatic nitrogens is 7. The van der Waals surface area contributed by atoms with Gasteiger partial charge >= 0.3 is 0 Å². The number of hydrogen-bond acceptors (Lipinski definition) is 7. The minimum atomic E-state index is 0.562. The first-order chi connectivity index (χ1) is 28.6. The minimum Gasteiger partial charge on any atom is -0.456 e. The van der Waals surface area contributed by atoms with E-state index in [0.717, 1.165) is 82.8 Å². The van der Waals surface area contributed by atoms with Crippen molar-refractivity contribution in [1.29, 1.82) is 0 Å². The Hall–Kier alpha value is -7.84. The van der Waals surface area contributed by atoms with Gasteiger partial charge in [0.15, 0.2) is 23.3 Å². The van der Waals surface area contributed by atoms with Gasteiger partial charge in [-0.1, -0.05) is 115 Å². The lowest BCUT2D eigenvalue weighted by molar-refractivity contribution is 0.669. The average molecular weight is 748 g/mol. The maximum atomic E-state index is 6.34. The minimum absolute atomic E-state index is 0.562. The topological polar surface area (TPSA) is 95.4 Å². The highest BCUT2D eigenvalue weighted by molar-refractivity contribution is 6.13. The first-order valence-electron chi connectivity index (χ1n) is 19.2. The molecule has 4 heterocycles. The number of nitrogens with zero attached hydrogens (tertiary/aromatic N) is 7. The summed E-state index contributed by atoms with van der Waals surface area (Å²) in [5.41, 5.74) is 10.4. The van der Waals surface area contributed by atoms with E-state index in [1.54, 1.807) is 0 Å². The molecule has 0 saturated carbocycles. The molecule has 0 aliphatic heterocycles. The fraction of sp³-hybridized carbons (Fsp3) is 0.0400. The summed E-state index contributed by atoms with van der Waals surface area (Å²) in [7, 11) is 0. The molecule has 58 heavy (non-hydrogen) atoms. The lowest BCUT2D eigenvalue weighted by Gasteiger charge is -2.16. The highest BCUT2D eigenvalue weighted by Crippen LogP contribution is 2.42. The molecule has 0 fully saturated rings. The molecule has 0 bridgehead atoms. The van der Waals surface area contributed by atoms with Gasteiger partial charge in [0, 0.05) is 43.8 Å². The van der Waals surface area contributed by atoms with E-state index in [0.29, 0.717) is 34.9 Å². The van der Waals surface area contributed by atoms with E-state index < -0.39 is 0 Å². The van der Waals surface area contributed by atoms with E-state index in [9.17, 15) is 0 Å². The Labute approximate surface area is 333 Å². The fourth-order valence-corrected chi connectivity index (χ4v) is 8.14. The van der Waals surface area contributed by atoms with Gasteiger partial charge < -0.3 is 8.98 Å². The van der Waals surface area contributed by atoms with Crippen LogP contribution in [-0.4, -0.2) is 34.5 Å². The normalized spacial score (nSPS) is 11.6. The molecule has 0 radical (unpaired) electrons. The monoisotopic (exact) mass is 747 g/mol. The summed E-state index contributed by atoms with van der Waals surface area (Å²) in [5.74, 6) is 3.79. The second-order valence-corrected chi connectivity index (χ2v) is 14.4. The third-order valence-electron chi connectivity index (χ3n) is 10.7. The zero-order valence-electron chi connectivity index (χ0n) is 31.6. The van der Waals surface area contributed by atoms with Crippen molar-refractivity contribution in [3.8, 4) is 62.4 Å². The molecule has 0 N–H and O–H groups in total. The number of furan rings is 1. The molecule has 0 atom stereocenters. The molecule has 4 aromatic heterocycles. The summed E-state index contributed by atoms with van der Waals surface area (Å²) < 4.78 is 8.66. The third-order valence-corrected chi connectivity index (χ3v) is 10.7. The summed E-state index contributed by atoms with van der Waals surface area (Å²) in [6, 6.07) is 56.2. The van der Waals surface area contributed by atoms with Gasteiger partial charge in [0.2, 0.25) is 0 Å². The van der Waals surface area contributed by atoms with E-state index in [1.807, 2.05) is 92.7 Å². The maximum absolute atomic E-state index is 6.34. The van der Waals surface area contributed by atoms with Gasteiger partial charge in [-0.15, -0.1) is 0 Å². The van der Waals surface area contributed by atoms with Gasteiger partial charge in [-0.2, -0.15) is 0 Å². The van der Waals surface area contributed by atoms with E-state index >= 15 is 0 Å². The summed E-state index contributed by atoms with van der Waals surface area (Å²) in [6.45, 7) is 3.80. The number of aryl methyl sites for hydroxylation is 2. The molecule has 0 amide bonds.